The first-order valence-corrected chi connectivity index (χ1v) is 6.17. The fraction of sp³-hybridized carbons (Fsp3) is 0.636. The molecular formula is C11H19NOS. The van der Waals surface area contributed by atoms with Crippen molar-refractivity contribution < 1.29 is 5.11 Å². The van der Waals surface area contributed by atoms with Gasteiger partial charge in [-0.15, -0.1) is 0 Å². The number of hydrogen-bond donors (Lipinski definition) is 2. The van der Waals surface area contributed by atoms with E-state index >= 15 is 0 Å². The monoisotopic (exact) mass is 213 g/mol. The molecule has 0 fully saturated rings. The molecule has 80 valence electrons. The van der Waals surface area contributed by atoms with Crippen LogP contribution in [0, 0.1) is 0 Å². The van der Waals surface area contributed by atoms with Crippen LogP contribution in [-0.4, -0.2) is 24.3 Å². The lowest BCUT2D eigenvalue weighted by atomic mass is 10.1. The van der Waals surface area contributed by atoms with Crippen molar-refractivity contribution in [3.05, 3.63) is 22.4 Å². The van der Waals surface area contributed by atoms with Gasteiger partial charge in [-0.25, -0.2) is 0 Å². The molecule has 1 aromatic rings. The molecule has 1 aromatic heterocycles. The Bertz CT molecular complexity index is 223. The number of aryl methyl sites for hydroxylation is 1. The van der Waals surface area contributed by atoms with Gasteiger partial charge >= 0.3 is 0 Å². The second-order valence-electron chi connectivity index (χ2n) is 3.53. The molecule has 0 spiro atoms. The van der Waals surface area contributed by atoms with Crippen LogP contribution in [0.25, 0.3) is 0 Å². The highest BCUT2D eigenvalue weighted by Gasteiger charge is 2.03. The van der Waals surface area contributed by atoms with Gasteiger partial charge in [0.1, 0.15) is 0 Å². The predicted molar refractivity (Wildman–Crippen MR) is 61.8 cm³/mol. The average molecular weight is 213 g/mol. The number of nitrogens with one attached hydrogen (secondary N) is 1. The average Bonchev–Trinajstić information content (AvgIpc) is 2.68. The van der Waals surface area contributed by atoms with Gasteiger partial charge in [0.15, 0.2) is 0 Å². The zero-order chi connectivity index (χ0) is 10.2. The van der Waals surface area contributed by atoms with E-state index in [-0.39, 0.29) is 6.10 Å². The Balaban J connectivity index is 2.06. The Morgan fingerprint density at radius 1 is 1.57 bits per heavy atom. The van der Waals surface area contributed by atoms with Crippen molar-refractivity contribution in [2.45, 2.75) is 32.3 Å². The van der Waals surface area contributed by atoms with E-state index in [1.807, 2.05) is 0 Å². The van der Waals surface area contributed by atoms with Crippen molar-refractivity contribution in [2.75, 3.05) is 13.1 Å². The summed E-state index contributed by atoms with van der Waals surface area (Å²) in [6, 6.07) is 2.12. The zero-order valence-corrected chi connectivity index (χ0v) is 9.52. The van der Waals surface area contributed by atoms with Gasteiger partial charge in [-0.1, -0.05) is 6.92 Å². The zero-order valence-electron chi connectivity index (χ0n) is 8.70. The van der Waals surface area contributed by atoms with Crippen LogP contribution in [0.5, 0.6) is 0 Å². The molecule has 0 radical (unpaired) electrons. The third-order valence-electron chi connectivity index (χ3n) is 2.15. The van der Waals surface area contributed by atoms with E-state index in [1.165, 1.54) is 5.56 Å². The van der Waals surface area contributed by atoms with Gasteiger partial charge in [-0.3, -0.25) is 0 Å². The van der Waals surface area contributed by atoms with Gasteiger partial charge < -0.3 is 10.4 Å². The standard InChI is InChI=1S/C11H19NOS/c1-2-6-12-8-11(13)4-3-10-5-7-14-9-10/h5,7,9,11-13H,2-4,6,8H2,1H3. The third kappa shape index (κ3) is 4.74. The van der Waals surface area contributed by atoms with Crippen molar-refractivity contribution in [2.24, 2.45) is 0 Å². The molecule has 0 aliphatic carbocycles. The molecule has 3 heteroatoms. The summed E-state index contributed by atoms with van der Waals surface area (Å²) in [5.74, 6) is 0. The molecular weight excluding hydrogens is 194 g/mol. The molecule has 1 unspecified atom stereocenters. The Morgan fingerprint density at radius 3 is 3.07 bits per heavy atom. The maximum atomic E-state index is 9.62. The van der Waals surface area contributed by atoms with E-state index in [0.29, 0.717) is 0 Å². The molecule has 1 atom stereocenters. The van der Waals surface area contributed by atoms with Crippen LogP contribution < -0.4 is 5.32 Å². The minimum atomic E-state index is -0.207. The molecule has 0 amide bonds. The highest BCUT2D eigenvalue weighted by Crippen LogP contribution is 2.09. The number of aliphatic hydroxyl groups is 1. The summed E-state index contributed by atoms with van der Waals surface area (Å²) in [6.45, 7) is 3.85. The molecule has 2 N–H and O–H groups in total. The second kappa shape index (κ2) is 6.98. The topological polar surface area (TPSA) is 32.3 Å². The van der Waals surface area contributed by atoms with Crippen LogP contribution in [-0.2, 0) is 6.42 Å². The van der Waals surface area contributed by atoms with Gasteiger partial charge in [-0.05, 0) is 48.2 Å². The van der Waals surface area contributed by atoms with Gasteiger partial charge in [0, 0.05) is 6.54 Å². The number of rotatable bonds is 7. The maximum absolute atomic E-state index is 9.62. The van der Waals surface area contributed by atoms with Crippen LogP contribution in [0.15, 0.2) is 16.8 Å². The summed E-state index contributed by atoms with van der Waals surface area (Å²) in [4.78, 5) is 0. The Morgan fingerprint density at radius 2 is 2.43 bits per heavy atom. The summed E-state index contributed by atoms with van der Waals surface area (Å²) < 4.78 is 0. The van der Waals surface area contributed by atoms with Crippen LogP contribution >= 0.6 is 11.3 Å². The summed E-state index contributed by atoms with van der Waals surface area (Å²) in [7, 11) is 0. The van der Waals surface area contributed by atoms with Crippen molar-refractivity contribution in [3.8, 4) is 0 Å². The van der Waals surface area contributed by atoms with Gasteiger partial charge in [0.05, 0.1) is 6.10 Å². The summed E-state index contributed by atoms with van der Waals surface area (Å²) in [5.41, 5.74) is 1.34. The molecule has 0 aliphatic heterocycles. The SMILES string of the molecule is CCCNCC(O)CCc1ccsc1. The molecule has 1 heterocycles. The molecule has 14 heavy (non-hydrogen) atoms. The lowest BCUT2D eigenvalue weighted by molar-refractivity contribution is 0.162. The largest absolute Gasteiger partial charge is 0.392 e. The fourth-order valence-corrected chi connectivity index (χ4v) is 2.02. The van der Waals surface area contributed by atoms with Crippen molar-refractivity contribution in [1.29, 1.82) is 0 Å². The smallest absolute Gasteiger partial charge is 0.0667 e. The van der Waals surface area contributed by atoms with E-state index < -0.39 is 0 Å². The molecule has 0 saturated carbocycles. The van der Waals surface area contributed by atoms with Crippen LogP contribution in [0.1, 0.15) is 25.3 Å². The molecule has 0 aliphatic rings. The highest BCUT2D eigenvalue weighted by atomic mass is 32.1. The van der Waals surface area contributed by atoms with Gasteiger partial charge in [0.25, 0.3) is 0 Å². The number of aliphatic hydroxyl groups excluding tert-OH is 1. The predicted octanol–water partition coefficient (Wildman–Crippen LogP) is 2.04. The van der Waals surface area contributed by atoms with Crippen molar-refractivity contribution in [3.63, 3.8) is 0 Å². The molecule has 0 aromatic carbocycles. The lowest BCUT2D eigenvalue weighted by Crippen LogP contribution is -2.27. The van der Waals surface area contributed by atoms with Gasteiger partial charge in [-0.2, -0.15) is 11.3 Å². The number of hydrogen-bond acceptors (Lipinski definition) is 3. The fourth-order valence-electron chi connectivity index (χ4n) is 1.32. The first-order valence-electron chi connectivity index (χ1n) is 5.22. The molecule has 2 nitrogen and oxygen atoms in total. The first kappa shape index (κ1) is 11.7. The minimum Gasteiger partial charge on any atom is -0.392 e. The Hall–Kier alpha value is -0.380. The molecule has 0 saturated heterocycles. The van der Waals surface area contributed by atoms with Crippen LogP contribution in [0.2, 0.25) is 0 Å². The van der Waals surface area contributed by atoms with Crippen LogP contribution in [0.4, 0.5) is 0 Å². The van der Waals surface area contributed by atoms with Gasteiger partial charge in [0.2, 0.25) is 0 Å². The van der Waals surface area contributed by atoms with E-state index in [2.05, 4.69) is 29.1 Å². The second-order valence-corrected chi connectivity index (χ2v) is 4.31. The van der Waals surface area contributed by atoms with Crippen LogP contribution in [0.3, 0.4) is 0 Å². The highest BCUT2D eigenvalue weighted by molar-refractivity contribution is 7.07. The summed E-state index contributed by atoms with van der Waals surface area (Å²) in [6.07, 6.45) is 2.75. The van der Waals surface area contributed by atoms with Crippen molar-refractivity contribution in [1.82, 2.24) is 5.32 Å². The van der Waals surface area contributed by atoms with E-state index in [4.69, 9.17) is 0 Å². The first-order chi connectivity index (χ1) is 6.83. The normalized spacial score (nSPS) is 13.0. The lowest BCUT2D eigenvalue weighted by Gasteiger charge is -2.10. The quantitative estimate of drug-likeness (QED) is 0.679. The summed E-state index contributed by atoms with van der Waals surface area (Å²) >= 11 is 1.72. The molecule has 0 bridgehead atoms. The third-order valence-corrected chi connectivity index (χ3v) is 2.89. The minimum absolute atomic E-state index is 0.207. The molecule has 1 rings (SSSR count). The number of thiophene rings is 1. The van der Waals surface area contributed by atoms with E-state index in [9.17, 15) is 5.11 Å². The Kier molecular flexibility index (Phi) is 5.83. The van der Waals surface area contributed by atoms with E-state index in [1.54, 1.807) is 11.3 Å². The Labute approximate surface area is 90.0 Å². The van der Waals surface area contributed by atoms with E-state index in [0.717, 1.165) is 32.4 Å². The maximum Gasteiger partial charge on any atom is 0.0667 e. The van der Waals surface area contributed by atoms with Crippen molar-refractivity contribution >= 4 is 11.3 Å². The summed E-state index contributed by atoms with van der Waals surface area (Å²) in [5, 5.41) is 17.1.